The van der Waals surface area contributed by atoms with Gasteiger partial charge < -0.3 is 10.1 Å². The fraction of sp³-hybridized carbons (Fsp3) is 0.0909. The number of carboxylic acids is 1. The summed E-state index contributed by atoms with van der Waals surface area (Å²) in [7, 11) is -4.17. The second-order valence-corrected chi connectivity index (χ2v) is 5.55. The second-order valence-electron chi connectivity index (χ2n) is 3.81. The number of benzene rings is 1. The lowest BCUT2D eigenvalue weighted by Crippen LogP contribution is -2.25. The van der Waals surface area contributed by atoms with Gasteiger partial charge in [-0.25, -0.2) is 27.3 Å². The summed E-state index contributed by atoms with van der Waals surface area (Å²) in [5, 5.41) is 8.79. The zero-order valence-electron chi connectivity index (χ0n) is 10.00. The molecule has 0 saturated heterocycles. The molecule has 0 bridgehead atoms. The van der Waals surface area contributed by atoms with E-state index >= 15 is 0 Å². The fourth-order valence-corrected chi connectivity index (χ4v) is 2.57. The Bertz CT molecular complexity index is 728. The van der Waals surface area contributed by atoms with Crippen LogP contribution in [0.25, 0.3) is 0 Å². The third-order valence-electron chi connectivity index (χ3n) is 2.45. The van der Waals surface area contributed by atoms with Gasteiger partial charge in [0.15, 0.2) is 0 Å². The molecule has 0 spiro atoms. The lowest BCUT2D eigenvalue weighted by atomic mass is 10.2. The van der Waals surface area contributed by atoms with Crippen molar-refractivity contribution >= 4 is 16.0 Å². The molecule has 0 radical (unpaired) electrons. The van der Waals surface area contributed by atoms with Crippen molar-refractivity contribution in [2.75, 3.05) is 0 Å². The largest absolute Gasteiger partial charge is 0.478 e. The van der Waals surface area contributed by atoms with Gasteiger partial charge in [-0.05, 0) is 18.2 Å². The van der Waals surface area contributed by atoms with Crippen LogP contribution in [0.5, 0.6) is 0 Å². The highest BCUT2D eigenvalue weighted by Gasteiger charge is 2.21. The maximum Gasteiger partial charge on any atom is 0.335 e. The van der Waals surface area contributed by atoms with Gasteiger partial charge in [0.2, 0.25) is 10.0 Å². The number of nitrogens with one attached hydrogen (secondary N) is 2. The van der Waals surface area contributed by atoms with Crippen LogP contribution >= 0.6 is 0 Å². The minimum absolute atomic E-state index is 0.161. The predicted octanol–water partition coefficient (Wildman–Crippen LogP) is 0.725. The van der Waals surface area contributed by atoms with Crippen molar-refractivity contribution in [2.45, 2.75) is 11.4 Å². The van der Waals surface area contributed by atoms with Crippen molar-refractivity contribution in [1.82, 2.24) is 14.7 Å². The van der Waals surface area contributed by atoms with Gasteiger partial charge in [0, 0.05) is 12.4 Å². The minimum Gasteiger partial charge on any atom is -0.478 e. The van der Waals surface area contributed by atoms with E-state index in [1.165, 1.54) is 12.4 Å². The first-order valence-electron chi connectivity index (χ1n) is 5.41. The number of nitrogens with zero attached hydrogens (tertiary/aromatic N) is 1. The average molecular weight is 299 g/mol. The Morgan fingerprint density at radius 2 is 2.20 bits per heavy atom. The van der Waals surface area contributed by atoms with Crippen LogP contribution in [0.3, 0.4) is 0 Å². The van der Waals surface area contributed by atoms with Crippen LogP contribution in [0.1, 0.15) is 16.2 Å². The smallest absolute Gasteiger partial charge is 0.335 e. The third-order valence-corrected chi connectivity index (χ3v) is 3.87. The van der Waals surface area contributed by atoms with E-state index in [-0.39, 0.29) is 12.1 Å². The molecule has 0 aliphatic rings. The number of rotatable bonds is 5. The van der Waals surface area contributed by atoms with Gasteiger partial charge in [0.05, 0.1) is 12.1 Å². The highest BCUT2D eigenvalue weighted by molar-refractivity contribution is 7.89. The fourth-order valence-electron chi connectivity index (χ4n) is 1.48. The molecule has 0 saturated carbocycles. The van der Waals surface area contributed by atoms with Crippen LogP contribution in [0.4, 0.5) is 4.39 Å². The Morgan fingerprint density at radius 3 is 2.80 bits per heavy atom. The number of aromatic carboxylic acids is 1. The summed E-state index contributed by atoms with van der Waals surface area (Å²) in [6.45, 7) is -0.161. The number of aromatic nitrogens is 2. The summed E-state index contributed by atoms with van der Waals surface area (Å²) in [4.78, 5) is 16.6. The Hall–Kier alpha value is -2.26. The Balaban J connectivity index is 2.28. The van der Waals surface area contributed by atoms with Gasteiger partial charge >= 0.3 is 5.97 Å². The van der Waals surface area contributed by atoms with Crippen molar-refractivity contribution in [2.24, 2.45) is 0 Å². The molecular formula is C11H10FN3O4S. The van der Waals surface area contributed by atoms with Crippen LogP contribution in [0.2, 0.25) is 0 Å². The summed E-state index contributed by atoms with van der Waals surface area (Å²) in [6.07, 6.45) is 2.95. The van der Waals surface area contributed by atoms with Crippen LogP contribution in [-0.2, 0) is 16.6 Å². The van der Waals surface area contributed by atoms with Gasteiger partial charge in [-0.2, -0.15) is 0 Å². The first-order valence-corrected chi connectivity index (χ1v) is 6.89. The molecule has 0 amide bonds. The molecular weight excluding hydrogens is 289 g/mol. The number of carbonyl (C=O) groups is 1. The van der Waals surface area contributed by atoms with Crippen molar-refractivity contribution in [1.29, 1.82) is 0 Å². The van der Waals surface area contributed by atoms with E-state index in [1.54, 1.807) is 0 Å². The van der Waals surface area contributed by atoms with E-state index in [0.29, 0.717) is 5.82 Å². The standard InChI is InChI=1S/C11H10FN3O4S/c12-8-2-1-7(11(16)17)5-9(8)20(18,19)15-6-10-13-3-4-14-10/h1-5,15H,6H2,(H,13,14)(H,16,17). The highest BCUT2D eigenvalue weighted by Crippen LogP contribution is 2.16. The molecule has 2 rings (SSSR count). The molecule has 9 heteroatoms. The Kier molecular flexibility index (Phi) is 3.81. The average Bonchev–Trinajstić information content (AvgIpc) is 2.89. The summed E-state index contributed by atoms with van der Waals surface area (Å²) in [5.41, 5.74) is -0.315. The number of carboxylic acid groups (broad SMARTS) is 1. The number of hydrogen-bond acceptors (Lipinski definition) is 4. The van der Waals surface area contributed by atoms with Crippen LogP contribution in [0, 0.1) is 5.82 Å². The van der Waals surface area contributed by atoms with Gasteiger partial charge in [0.25, 0.3) is 0 Å². The predicted molar refractivity (Wildman–Crippen MR) is 66.0 cm³/mol. The molecule has 3 N–H and O–H groups in total. The van der Waals surface area contributed by atoms with E-state index in [0.717, 1.165) is 18.2 Å². The maximum atomic E-state index is 13.6. The third kappa shape index (κ3) is 3.00. The summed E-state index contributed by atoms with van der Waals surface area (Å²) in [5.74, 6) is -2.02. The molecule has 0 unspecified atom stereocenters. The van der Waals surface area contributed by atoms with E-state index in [4.69, 9.17) is 5.11 Å². The summed E-state index contributed by atoms with van der Waals surface area (Å²) < 4.78 is 39.6. The van der Waals surface area contributed by atoms with E-state index in [9.17, 15) is 17.6 Å². The Morgan fingerprint density at radius 1 is 1.45 bits per heavy atom. The Labute approximate surface area is 113 Å². The molecule has 0 aliphatic carbocycles. The van der Waals surface area contributed by atoms with Crippen LogP contribution in [0.15, 0.2) is 35.5 Å². The van der Waals surface area contributed by atoms with Gasteiger partial charge in [0.1, 0.15) is 16.5 Å². The molecule has 20 heavy (non-hydrogen) atoms. The molecule has 1 aromatic heterocycles. The van der Waals surface area contributed by atoms with Crippen molar-refractivity contribution < 1.29 is 22.7 Å². The lowest BCUT2D eigenvalue weighted by Gasteiger charge is -2.07. The van der Waals surface area contributed by atoms with E-state index in [2.05, 4.69) is 14.7 Å². The lowest BCUT2D eigenvalue weighted by molar-refractivity contribution is 0.0696. The monoisotopic (exact) mass is 299 g/mol. The first-order chi connectivity index (χ1) is 9.40. The summed E-state index contributed by atoms with van der Waals surface area (Å²) >= 11 is 0. The normalized spacial score (nSPS) is 11.4. The zero-order valence-corrected chi connectivity index (χ0v) is 10.8. The number of halogens is 1. The van der Waals surface area contributed by atoms with Crippen LogP contribution < -0.4 is 4.72 Å². The van der Waals surface area contributed by atoms with Gasteiger partial charge in [-0.1, -0.05) is 0 Å². The highest BCUT2D eigenvalue weighted by atomic mass is 32.2. The molecule has 0 aliphatic heterocycles. The van der Waals surface area contributed by atoms with Gasteiger partial charge in [-0.3, -0.25) is 0 Å². The molecule has 1 aromatic carbocycles. The molecule has 7 nitrogen and oxygen atoms in total. The number of imidazole rings is 1. The van der Waals surface area contributed by atoms with Crippen molar-refractivity contribution in [3.05, 3.63) is 47.8 Å². The van der Waals surface area contributed by atoms with Crippen molar-refractivity contribution in [3.63, 3.8) is 0 Å². The van der Waals surface area contributed by atoms with Gasteiger partial charge in [-0.15, -0.1) is 0 Å². The number of sulfonamides is 1. The zero-order chi connectivity index (χ0) is 14.8. The maximum absolute atomic E-state index is 13.6. The SMILES string of the molecule is O=C(O)c1ccc(F)c(S(=O)(=O)NCc2ncc[nH]2)c1. The molecule has 106 valence electrons. The quantitative estimate of drug-likeness (QED) is 0.753. The van der Waals surface area contributed by atoms with Crippen LogP contribution in [-0.4, -0.2) is 29.5 Å². The second kappa shape index (κ2) is 5.39. The van der Waals surface area contributed by atoms with E-state index in [1.807, 2.05) is 0 Å². The summed E-state index contributed by atoms with van der Waals surface area (Å²) in [6, 6.07) is 2.55. The topological polar surface area (TPSA) is 112 Å². The molecule has 0 atom stereocenters. The van der Waals surface area contributed by atoms with E-state index < -0.39 is 26.7 Å². The number of aromatic amines is 1. The first kappa shape index (κ1) is 14.2. The van der Waals surface area contributed by atoms with Crippen molar-refractivity contribution in [3.8, 4) is 0 Å². The number of hydrogen-bond donors (Lipinski definition) is 3. The molecule has 1 heterocycles. The molecule has 2 aromatic rings. The molecule has 0 fully saturated rings. The number of H-pyrrole nitrogens is 1. The minimum atomic E-state index is -4.17.